The average molecular weight is 299 g/mol. The van der Waals surface area contributed by atoms with Gasteiger partial charge in [-0.1, -0.05) is 65.2 Å². The standard InChI is InChI=1S/C17H33NO3/c1-4-6-7-8-9-10-11-12-13-14-15(19)18-17(3,5-2)16(20)21/h4-14H2,1-3H3,(H,18,19)(H,20,21). The number of hydrogen-bond acceptors (Lipinski definition) is 2. The Labute approximate surface area is 129 Å². The summed E-state index contributed by atoms with van der Waals surface area (Å²) in [6, 6.07) is 0. The van der Waals surface area contributed by atoms with E-state index in [0.717, 1.165) is 12.8 Å². The summed E-state index contributed by atoms with van der Waals surface area (Å²) in [5, 5.41) is 11.7. The van der Waals surface area contributed by atoms with E-state index in [9.17, 15) is 9.59 Å². The van der Waals surface area contributed by atoms with E-state index in [0.29, 0.717) is 12.8 Å². The topological polar surface area (TPSA) is 66.4 Å². The van der Waals surface area contributed by atoms with Crippen molar-refractivity contribution in [2.45, 2.75) is 96.9 Å². The molecule has 0 spiro atoms. The molecule has 0 saturated carbocycles. The van der Waals surface area contributed by atoms with Crippen molar-refractivity contribution in [1.29, 1.82) is 0 Å². The summed E-state index contributed by atoms with van der Waals surface area (Å²) in [5.74, 6) is -1.12. The molecule has 0 aliphatic carbocycles. The Morgan fingerprint density at radius 1 is 0.905 bits per heavy atom. The summed E-state index contributed by atoms with van der Waals surface area (Å²) in [5.41, 5.74) is -1.13. The second kappa shape index (κ2) is 11.6. The summed E-state index contributed by atoms with van der Waals surface area (Å²) < 4.78 is 0. The van der Waals surface area contributed by atoms with Gasteiger partial charge in [0.15, 0.2) is 0 Å². The fourth-order valence-electron chi connectivity index (χ4n) is 2.26. The summed E-state index contributed by atoms with van der Waals surface area (Å²) in [7, 11) is 0. The minimum atomic E-state index is -1.13. The largest absolute Gasteiger partial charge is 0.480 e. The third kappa shape index (κ3) is 9.48. The molecule has 0 heterocycles. The van der Waals surface area contributed by atoms with Crippen LogP contribution in [0.4, 0.5) is 0 Å². The molecule has 0 rings (SSSR count). The number of nitrogens with one attached hydrogen (secondary N) is 1. The number of hydrogen-bond donors (Lipinski definition) is 2. The van der Waals surface area contributed by atoms with Gasteiger partial charge in [0.1, 0.15) is 5.54 Å². The summed E-state index contributed by atoms with van der Waals surface area (Å²) in [4.78, 5) is 22.9. The van der Waals surface area contributed by atoms with Crippen LogP contribution in [0.15, 0.2) is 0 Å². The molecule has 4 nitrogen and oxygen atoms in total. The number of unbranched alkanes of at least 4 members (excludes halogenated alkanes) is 8. The summed E-state index contributed by atoms with van der Waals surface area (Å²) >= 11 is 0. The molecule has 0 aromatic rings. The number of carbonyl (C=O) groups is 2. The zero-order valence-electron chi connectivity index (χ0n) is 14.0. The Morgan fingerprint density at radius 3 is 1.81 bits per heavy atom. The number of aliphatic carboxylic acids is 1. The van der Waals surface area contributed by atoms with Gasteiger partial charge in [0.05, 0.1) is 0 Å². The number of amides is 1. The number of carbonyl (C=O) groups excluding carboxylic acids is 1. The molecule has 0 aromatic heterocycles. The second-order valence-corrected chi connectivity index (χ2v) is 6.12. The Morgan fingerprint density at radius 2 is 1.38 bits per heavy atom. The first-order chi connectivity index (χ1) is 9.96. The maximum Gasteiger partial charge on any atom is 0.329 e. The van der Waals surface area contributed by atoms with Crippen LogP contribution in [0.25, 0.3) is 0 Å². The fourth-order valence-corrected chi connectivity index (χ4v) is 2.26. The van der Waals surface area contributed by atoms with Crippen molar-refractivity contribution in [1.82, 2.24) is 5.32 Å². The Bertz CT molecular complexity index is 304. The van der Waals surface area contributed by atoms with Gasteiger partial charge in [-0.2, -0.15) is 0 Å². The van der Waals surface area contributed by atoms with E-state index in [-0.39, 0.29) is 5.91 Å². The smallest absolute Gasteiger partial charge is 0.329 e. The first-order valence-electron chi connectivity index (χ1n) is 8.50. The lowest BCUT2D eigenvalue weighted by Crippen LogP contribution is -2.51. The van der Waals surface area contributed by atoms with Crippen LogP contribution in [0.5, 0.6) is 0 Å². The SMILES string of the molecule is CCCCCCCCCCCC(=O)NC(C)(CC)C(=O)O. The van der Waals surface area contributed by atoms with E-state index in [4.69, 9.17) is 5.11 Å². The van der Waals surface area contributed by atoms with Crippen LogP contribution in [-0.2, 0) is 9.59 Å². The average Bonchev–Trinajstić information content (AvgIpc) is 2.45. The lowest BCUT2D eigenvalue weighted by Gasteiger charge is -2.24. The molecule has 1 atom stereocenters. The molecule has 0 saturated heterocycles. The number of carboxylic acids is 1. The predicted octanol–water partition coefficient (Wildman–Crippen LogP) is 4.28. The third-order valence-corrected chi connectivity index (χ3v) is 4.10. The monoisotopic (exact) mass is 299 g/mol. The van der Waals surface area contributed by atoms with Crippen molar-refractivity contribution in [2.24, 2.45) is 0 Å². The maximum atomic E-state index is 11.8. The zero-order chi connectivity index (χ0) is 16.1. The van der Waals surface area contributed by atoms with E-state index in [1.165, 1.54) is 44.9 Å². The molecular weight excluding hydrogens is 266 g/mol. The highest BCUT2D eigenvalue weighted by Crippen LogP contribution is 2.12. The van der Waals surface area contributed by atoms with E-state index in [1.54, 1.807) is 13.8 Å². The van der Waals surface area contributed by atoms with E-state index in [1.807, 2.05) is 0 Å². The maximum absolute atomic E-state index is 11.8. The summed E-state index contributed by atoms with van der Waals surface area (Å²) in [6.45, 7) is 5.55. The van der Waals surface area contributed by atoms with Crippen LogP contribution < -0.4 is 5.32 Å². The van der Waals surface area contributed by atoms with E-state index in [2.05, 4.69) is 12.2 Å². The molecule has 1 unspecified atom stereocenters. The van der Waals surface area contributed by atoms with Crippen LogP contribution in [0.1, 0.15) is 91.4 Å². The van der Waals surface area contributed by atoms with Crippen molar-refractivity contribution in [3.63, 3.8) is 0 Å². The molecule has 124 valence electrons. The Kier molecular flexibility index (Phi) is 11.0. The van der Waals surface area contributed by atoms with Crippen molar-refractivity contribution < 1.29 is 14.7 Å². The molecule has 4 heteroatoms. The molecule has 0 aliphatic heterocycles. The third-order valence-electron chi connectivity index (χ3n) is 4.10. The van der Waals surface area contributed by atoms with Gasteiger partial charge >= 0.3 is 5.97 Å². The molecule has 2 N–H and O–H groups in total. The van der Waals surface area contributed by atoms with Crippen LogP contribution in [0, 0.1) is 0 Å². The fraction of sp³-hybridized carbons (Fsp3) is 0.882. The minimum absolute atomic E-state index is 0.148. The predicted molar refractivity (Wildman–Crippen MR) is 86.3 cm³/mol. The molecule has 21 heavy (non-hydrogen) atoms. The first kappa shape index (κ1) is 19.9. The van der Waals surface area contributed by atoms with Gasteiger partial charge in [0.25, 0.3) is 0 Å². The second-order valence-electron chi connectivity index (χ2n) is 6.12. The molecule has 0 bridgehead atoms. The molecular formula is C17H33NO3. The van der Waals surface area contributed by atoms with Gasteiger partial charge in [0, 0.05) is 6.42 Å². The van der Waals surface area contributed by atoms with Crippen molar-refractivity contribution in [3.05, 3.63) is 0 Å². The van der Waals surface area contributed by atoms with Crippen LogP contribution >= 0.6 is 0 Å². The molecule has 1 amide bonds. The number of carboxylic acid groups (broad SMARTS) is 1. The van der Waals surface area contributed by atoms with Gasteiger partial charge in [-0.05, 0) is 19.8 Å². The van der Waals surface area contributed by atoms with Gasteiger partial charge in [-0.25, -0.2) is 4.79 Å². The highest BCUT2D eigenvalue weighted by atomic mass is 16.4. The van der Waals surface area contributed by atoms with Crippen molar-refractivity contribution in [2.75, 3.05) is 0 Å². The Balaban J connectivity index is 3.60. The quantitative estimate of drug-likeness (QED) is 0.499. The number of rotatable bonds is 13. The summed E-state index contributed by atoms with van der Waals surface area (Å²) in [6.07, 6.45) is 11.7. The van der Waals surface area contributed by atoms with Gasteiger partial charge < -0.3 is 10.4 Å². The molecule has 0 radical (unpaired) electrons. The van der Waals surface area contributed by atoms with Crippen molar-refractivity contribution >= 4 is 11.9 Å². The van der Waals surface area contributed by atoms with Gasteiger partial charge in [0.2, 0.25) is 5.91 Å². The van der Waals surface area contributed by atoms with Crippen LogP contribution in [0.3, 0.4) is 0 Å². The molecule has 0 aliphatic rings. The van der Waals surface area contributed by atoms with E-state index >= 15 is 0 Å². The lowest BCUT2D eigenvalue weighted by molar-refractivity contribution is -0.147. The van der Waals surface area contributed by atoms with Gasteiger partial charge in [-0.15, -0.1) is 0 Å². The molecule has 0 aromatic carbocycles. The normalized spacial score (nSPS) is 13.7. The van der Waals surface area contributed by atoms with E-state index < -0.39 is 11.5 Å². The zero-order valence-corrected chi connectivity index (χ0v) is 14.0. The van der Waals surface area contributed by atoms with Crippen molar-refractivity contribution in [3.8, 4) is 0 Å². The molecule has 0 fully saturated rings. The minimum Gasteiger partial charge on any atom is -0.480 e. The van der Waals surface area contributed by atoms with Crippen LogP contribution in [-0.4, -0.2) is 22.5 Å². The highest BCUT2D eigenvalue weighted by molar-refractivity contribution is 5.86. The van der Waals surface area contributed by atoms with Crippen LogP contribution in [0.2, 0.25) is 0 Å². The Hall–Kier alpha value is -1.06. The highest BCUT2D eigenvalue weighted by Gasteiger charge is 2.32. The lowest BCUT2D eigenvalue weighted by atomic mass is 9.98. The van der Waals surface area contributed by atoms with Gasteiger partial charge in [-0.3, -0.25) is 4.79 Å². The first-order valence-corrected chi connectivity index (χ1v) is 8.50.